The summed E-state index contributed by atoms with van der Waals surface area (Å²) < 4.78 is 5.29. The Bertz CT molecular complexity index is 329. The van der Waals surface area contributed by atoms with Crippen LogP contribution in [0.15, 0.2) is 22.8 Å². The van der Waals surface area contributed by atoms with Crippen LogP contribution >= 0.6 is 0 Å². The molecular weight excluding hydrogens is 238 g/mol. The van der Waals surface area contributed by atoms with Crippen LogP contribution in [0.1, 0.15) is 19.6 Å². The molecule has 4 heteroatoms. The highest BCUT2D eigenvalue weighted by Gasteiger charge is 2.16. The number of nitrogens with one attached hydrogen (secondary N) is 1. The van der Waals surface area contributed by atoms with Gasteiger partial charge in [-0.1, -0.05) is 13.8 Å². The Hall–Kier alpha value is -0.840. The predicted octanol–water partition coefficient (Wildman–Crippen LogP) is 1.64. The molecule has 0 radical (unpaired) electrons. The van der Waals surface area contributed by atoms with Gasteiger partial charge in [0, 0.05) is 45.8 Å². The molecule has 1 fully saturated rings. The molecule has 108 valence electrons. The van der Waals surface area contributed by atoms with Crippen molar-refractivity contribution in [1.29, 1.82) is 0 Å². The van der Waals surface area contributed by atoms with Crippen molar-refractivity contribution in [1.82, 2.24) is 15.1 Å². The molecule has 1 aliphatic rings. The second-order valence-corrected chi connectivity index (χ2v) is 5.79. The fourth-order valence-corrected chi connectivity index (χ4v) is 2.57. The summed E-state index contributed by atoms with van der Waals surface area (Å²) in [5, 5.41) is 3.43. The second kappa shape index (κ2) is 7.68. The average Bonchev–Trinajstić information content (AvgIpc) is 2.89. The molecule has 0 aliphatic carbocycles. The first-order valence-corrected chi connectivity index (χ1v) is 7.42. The lowest BCUT2D eigenvalue weighted by Gasteiger charge is -2.35. The number of piperazine rings is 1. The molecule has 1 aliphatic heterocycles. The largest absolute Gasteiger partial charge is 0.468 e. The molecule has 0 aromatic carbocycles. The second-order valence-electron chi connectivity index (χ2n) is 5.79. The summed E-state index contributed by atoms with van der Waals surface area (Å²) in [6.07, 6.45) is 1.73. The monoisotopic (exact) mass is 265 g/mol. The third-order valence-electron chi connectivity index (χ3n) is 3.57. The highest BCUT2D eigenvalue weighted by Crippen LogP contribution is 2.04. The lowest BCUT2D eigenvalue weighted by molar-refractivity contribution is 0.123. The molecule has 2 heterocycles. The third kappa shape index (κ3) is 5.35. The molecule has 4 nitrogen and oxygen atoms in total. The first kappa shape index (κ1) is 14.6. The molecule has 19 heavy (non-hydrogen) atoms. The maximum absolute atomic E-state index is 5.29. The summed E-state index contributed by atoms with van der Waals surface area (Å²) in [6.45, 7) is 13.7. The summed E-state index contributed by atoms with van der Waals surface area (Å²) in [5.74, 6) is 1.79. The summed E-state index contributed by atoms with van der Waals surface area (Å²) >= 11 is 0. The van der Waals surface area contributed by atoms with Crippen molar-refractivity contribution >= 4 is 0 Å². The van der Waals surface area contributed by atoms with Gasteiger partial charge < -0.3 is 14.6 Å². The number of hydrogen-bond acceptors (Lipinski definition) is 4. The Morgan fingerprint density at radius 2 is 1.95 bits per heavy atom. The van der Waals surface area contributed by atoms with E-state index in [9.17, 15) is 0 Å². The van der Waals surface area contributed by atoms with Crippen molar-refractivity contribution in [2.75, 3.05) is 45.8 Å². The zero-order chi connectivity index (χ0) is 13.5. The highest BCUT2D eigenvalue weighted by atomic mass is 16.3. The Morgan fingerprint density at radius 3 is 2.58 bits per heavy atom. The summed E-state index contributed by atoms with van der Waals surface area (Å²) in [5.41, 5.74) is 0. The number of nitrogens with zero attached hydrogens (tertiary/aromatic N) is 2. The van der Waals surface area contributed by atoms with Gasteiger partial charge >= 0.3 is 0 Å². The van der Waals surface area contributed by atoms with Gasteiger partial charge in [-0.15, -0.1) is 0 Å². The topological polar surface area (TPSA) is 31.6 Å². The van der Waals surface area contributed by atoms with Gasteiger partial charge in [-0.05, 0) is 18.1 Å². The number of rotatable bonds is 7. The Morgan fingerprint density at radius 1 is 1.21 bits per heavy atom. The van der Waals surface area contributed by atoms with Gasteiger partial charge in [0.15, 0.2) is 0 Å². The quantitative estimate of drug-likeness (QED) is 0.760. The first-order chi connectivity index (χ1) is 9.24. The minimum atomic E-state index is 0.779. The van der Waals surface area contributed by atoms with Crippen LogP contribution in [0.25, 0.3) is 0 Å². The van der Waals surface area contributed by atoms with Gasteiger partial charge in [0.1, 0.15) is 5.76 Å². The van der Waals surface area contributed by atoms with Crippen LogP contribution in [0.2, 0.25) is 0 Å². The van der Waals surface area contributed by atoms with E-state index in [-0.39, 0.29) is 0 Å². The highest BCUT2D eigenvalue weighted by molar-refractivity contribution is 4.97. The van der Waals surface area contributed by atoms with Crippen molar-refractivity contribution in [3.05, 3.63) is 24.2 Å². The molecule has 0 bridgehead atoms. The number of furan rings is 1. The van der Waals surface area contributed by atoms with E-state index in [1.165, 1.54) is 32.7 Å². The molecule has 0 spiro atoms. The van der Waals surface area contributed by atoms with Crippen LogP contribution in [0.4, 0.5) is 0 Å². The molecule has 0 unspecified atom stereocenters. The van der Waals surface area contributed by atoms with Gasteiger partial charge in [0.05, 0.1) is 12.8 Å². The predicted molar refractivity (Wildman–Crippen MR) is 78.1 cm³/mol. The average molecular weight is 265 g/mol. The molecule has 0 atom stereocenters. The van der Waals surface area contributed by atoms with E-state index in [0.29, 0.717) is 0 Å². The van der Waals surface area contributed by atoms with E-state index >= 15 is 0 Å². The van der Waals surface area contributed by atoms with E-state index in [1.807, 2.05) is 12.1 Å². The lowest BCUT2D eigenvalue weighted by Crippen LogP contribution is -2.48. The van der Waals surface area contributed by atoms with E-state index < -0.39 is 0 Å². The maximum atomic E-state index is 5.29. The van der Waals surface area contributed by atoms with Gasteiger partial charge in [-0.3, -0.25) is 4.90 Å². The number of hydrogen-bond donors (Lipinski definition) is 1. The molecule has 1 aromatic rings. The van der Waals surface area contributed by atoms with E-state index in [2.05, 4.69) is 29.0 Å². The molecule has 1 N–H and O–H groups in total. The van der Waals surface area contributed by atoms with Gasteiger partial charge in [0.2, 0.25) is 0 Å². The van der Waals surface area contributed by atoms with Crippen molar-refractivity contribution < 1.29 is 4.42 Å². The molecule has 1 saturated heterocycles. The van der Waals surface area contributed by atoms with Crippen LogP contribution < -0.4 is 5.32 Å². The minimum Gasteiger partial charge on any atom is -0.468 e. The fraction of sp³-hybridized carbons (Fsp3) is 0.733. The maximum Gasteiger partial charge on any atom is 0.117 e. The van der Waals surface area contributed by atoms with Gasteiger partial charge in [-0.2, -0.15) is 0 Å². The molecule has 0 saturated carbocycles. The lowest BCUT2D eigenvalue weighted by atomic mass is 10.2. The zero-order valence-corrected chi connectivity index (χ0v) is 12.3. The molecule has 1 aromatic heterocycles. The van der Waals surface area contributed by atoms with Crippen molar-refractivity contribution in [3.8, 4) is 0 Å². The Kier molecular flexibility index (Phi) is 5.89. The van der Waals surface area contributed by atoms with E-state index in [4.69, 9.17) is 4.42 Å². The standard InChI is InChI=1S/C15H27N3O/c1-14(2)13-18-9-7-17(8-10-18)6-5-16-12-15-4-3-11-19-15/h3-4,11,14,16H,5-10,12-13H2,1-2H3. The van der Waals surface area contributed by atoms with Crippen LogP contribution in [0.5, 0.6) is 0 Å². The SMILES string of the molecule is CC(C)CN1CCN(CCNCc2ccco2)CC1. The summed E-state index contributed by atoms with van der Waals surface area (Å²) in [7, 11) is 0. The van der Waals surface area contributed by atoms with Crippen molar-refractivity contribution in [3.63, 3.8) is 0 Å². The molecule has 0 amide bonds. The molecular formula is C15H27N3O. The van der Waals surface area contributed by atoms with Crippen molar-refractivity contribution in [2.24, 2.45) is 5.92 Å². The van der Waals surface area contributed by atoms with E-state index in [0.717, 1.165) is 31.3 Å². The Labute approximate surface area is 116 Å². The van der Waals surface area contributed by atoms with Gasteiger partial charge in [-0.25, -0.2) is 0 Å². The molecule has 2 rings (SSSR count). The summed E-state index contributed by atoms with van der Waals surface area (Å²) in [4.78, 5) is 5.13. The van der Waals surface area contributed by atoms with E-state index in [1.54, 1.807) is 6.26 Å². The van der Waals surface area contributed by atoms with Crippen LogP contribution in [-0.4, -0.2) is 55.6 Å². The van der Waals surface area contributed by atoms with Crippen LogP contribution in [0, 0.1) is 5.92 Å². The fourth-order valence-electron chi connectivity index (χ4n) is 2.57. The normalized spacial score (nSPS) is 18.3. The zero-order valence-electron chi connectivity index (χ0n) is 12.3. The first-order valence-electron chi connectivity index (χ1n) is 7.42. The summed E-state index contributed by atoms with van der Waals surface area (Å²) in [6, 6.07) is 3.95. The van der Waals surface area contributed by atoms with Crippen molar-refractivity contribution in [2.45, 2.75) is 20.4 Å². The van der Waals surface area contributed by atoms with Gasteiger partial charge in [0.25, 0.3) is 0 Å². The minimum absolute atomic E-state index is 0.779. The van der Waals surface area contributed by atoms with Crippen LogP contribution in [-0.2, 0) is 6.54 Å². The smallest absolute Gasteiger partial charge is 0.117 e. The van der Waals surface area contributed by atoms with Crippen LogP contribution in [0.3, 0.4) is 0 Å². The third-order valence-corrected chi connectivity index (χ3v) is 3.57. The Balaban J connectivity index is 1.53.